The van der Waals surface area contributed by atoms with Gasteiger partial charge in [0.15, 0.2) is 12.4 Å². The van der Waals surface area contributed by atoms with Crippen LogP contribution in [0.15, 0.2) is 12.1 Å². The number of hydrogen-bond donors (Lipinski definition) is 1. The maximum atomic E-state index is 11.7. The lowest BCUT2D eigenvalue weighted by Crippen LogP contribution is -2.45. The van der Waals surface area contributed by atoms with Gasteiger partial charge in [0.25, 0.3) is 11.7 Å². The summed E-state index contributed by atoms with van der Waals surface area (Å²) in [4.78, 5) is 37.8. The molecule has 0 unspecified atom stereocenters. The molecule has 0 aliphatic carbocycles. The number of anilines is 1. The van der Waals surface area contributed by atoms with Gasteiger partial charge in [0.1, 0.15) is 6.54 Å². The predicted molar refractivity (Wildman–Crippen MR) is 62.8 cm³/mol. The Balaban J connectivity index is 2.41. The van der Waals surface area contributed by atoms with E-state index in [-0.39, 0.29) is 24.7 Å². The van der Waals surface area contributed by atoms with Crippen LogP contribution in [-0.2, 0) is 9.59 Å². The van der Waals surface area contributed by atoms with E-state index in [4.69, 9.17) is 4.74 Å². The summed E-state index contributed by atoms with van der Waals surface area (Å²) in [5.74, 6) is -1.10. The standard InChI is InChI=1S/C10H10N4O5/c1-11-8(15)4-13-9(16)5-19-6-2-3-7(14(17)18)12-10(6)13/h2-3H,4-5H2,1H3,(H,11,15). The normalized spacial score (nSPS) is 13.5. The van der Waals surface area contributed by atoms with E-state index in [1.807, 2.05) is 0 Å². The molecule has 2 heterocycles. The van der Waals surface area contributed by atoms with Gasteiger partial charge in [0.2, 0.25) is 5.91 Å². The van der Waals surface area contributed by atoms with Crippen molar-refractivity contribution in [3.8, 4) is 5.75 Å². The van der Waals surface area contributed by atoms with Gasteiger partial charge >= 0.3 is 5.82 Å². The van der Waals surface area contributed by atoms with Crippen molar-refractivity contribution in [1.82, 2.24) is 10.3 Å². The van der Waals surface area contributed by atoms with Gasteiger partial charge in [-0.15, -0.1) is 0 Å². The first kappa shape index (κ1) is 12.7. The molecule has 0 radical (unpaired) electrons. The fraction of sp³-hybridized carbons (Fsp3) is 0.300. The molecule has 0 fully saturated rings. The van der Waals surface area contributed by atoms with Gasteiger partial charge in [-0.2, -0.15) is 0 Å². The minimum Gasteiger partial charge on any atom is -0.477 e. The van der Waals surface area contributed by atoms with Gasteiger partial charge in [0.05, 0.1) is 0 Å². The minimum atomic E-state index is -0.683. The summed E-state index contributed by atoms with van der Waals surface area (Å²) < 4.78 is 5.11. The molecule has 9 heteroatoms. The SMILES string of the molecule is CNC(=O)CN1C(=O)COc2ccc([N+](=O)[O-])nc21. The lowest BCUT2D eigenvalue weighted by molar-refractivity contribution is -0.389. The van der Waals surface area contributed by atoms with Crippen molar-refractivity contribution in [3.63, 3.8) is 0 Å². The highest BCUT2D eigenvalue weighted by atomic mass is 16.6. The molecule has 0 saturated carbocycles. The molecule has 2 rings (SSSR count). The zero-order chi connectivity index (χ0) is 14.0. The maximum Gasteiger partial charge on any atom is 0.366 e. The van der Waals surface area contributed by atoms with Crippen LogP contribution in [-0.4, -0.2) is 41.9 Å². The van der Waals surface area contributed by atoms with Gasteiger partial charge in [-0.25, -0.2) is 0 Å². The summed E-state index contributed by atoms with van der Waals surface area (Å²) in [6.45, 7) is -0.497. The van der Waals surface area contributed by atoms with Crippen molar-refractivity contribution < 1.29 is 19.2 Å². The summed E-state index contributed by atoms with van der Waals surface area (Å²) in [5, 5.41) is 13.0. The first-order valence-electron chi connectivity index (χ1n) is 5.32. The third-order valence-corrected chi connectivity index (χ3v) is 2.50. The minimum absolute atomic E-state index is 0.0194. The second kappa shape index (κ2) is 4.88. The summed E-state index contributed by atoms with van der Waals surface area (Å²) in [6.07, 6.45) is 0. The average Bonchev–Trinajstić information content (AvgIpc) is 2.41. The number of fused-ring (bicyclic) bond motifs is 1. The van der Waals surface area contributed by atoms with Gasteiger partial charge in [-0.05, 0) is 16.0 Å². The van der Waals surface area contributed by atoms with E-state index in [1.54, 1.807) is 0 Å². The Morgan fingerprint density at radius 1 is 1.63 bits per heavy atom. The highest BCUT2D eigenvalue weighted by Gasteiger charge is 2.33. The number of rotatable bonds is 3. The predicted octanol–water partition coefficient (Wildman–Crippen LogP) is -0.539. The Labute approximate surface area is 107 Å². The Morgan fingerprint density at radius 2 is 2.37 bits per heavy atom. The van der Waals surface area contributed by atoms with Crippen molar-refractivity contribution in [2.45, 2.75) is 0 Å². The molecule has 1 aliphatic heterocycles. The van der Waals surface area contributed by atoms with Crippen LogP contribution < -0.4 is 15.0 Å². The Morgan fingerprint density at radius 3 is 3.00 bits per heavy atom. The quantitative estimate of drug-likeness (QED) is 0.580. The molecule has 0 aromatic carbocycles. The summed E-state index contributed by atoms with van der Waals surface area (Å²) in [5.41, 5.74) is 0. The number of aromatic nitrogens is 1. The van der Waals surface area contributed by atoms with Crippen LogP contribution in [0, 0.1) is 10.1 Å². The number of carbonyl (C=O) groups excluding carboxylic acids is 2. The Bertz CT molecular complexity index is 559. The molecule has 100 valence electrons. The van der Waals surface area contributed by atoms with Gasteiger partial charge in [0, 0.05) is 13.1 Å². The highest BCUT2D eigenvalue weighted by molar-refractivity contribution is 6.01. The molecule has 1 aromatic rings. The number of nitro groups is 1. The fourth-order valence-electron chi connectivity index (χ4n) is 1.55. The Kier molecular flexibility index (Phi) is 3.27. The smallest absolute Gasteiger partial charge is 0.366 e. The van der Waals surface area contributed by atoms with Crippen LogP contribution in [0.25, 0.3) is 0 Å². The largest absolute Gasteiger partial charge is 0.477 e. The monoisotopic (exact) mass is 266 g/mol. The zero-order valence-corrected chi connectivity index (χ0v) is 9.95. The molecule has 0 bridgehead atoms. The lowest BCUT2D eigenvalue weighted by atomic mass is 10.3. The summed E-state index contributed by atoms with van der Waals surface area (Å²) in [7, 11) is 1.43. The van der Waals surface area contributed by atoms with Crippen LogP contribution in [0.3, 0.4) is 0 Å². The van der Waals surface area contributed by atoms with E-state index in [0.29, 0.717) is 0 Å². The number of likely N-dealkylation sites (N-methyl/N-ethyl adjacent to an activating group) is 1. The van der Waals surface area contributed by atoms with Crippen molar-refractivity contribution in [3.05, 3.63) is 22.2 Å². The first-order valence-corrected chi connectivity index (χ1v) is 5.32. The van der Waals surface area contributed by atoms with Crippen molar-refractivity contribution >= 4 is 23.5 Å². The zero-order valence-electron chi connectivity index (χ0n) is 9.95. The van der Waals surface area contributed by atoms with Crippen molar-refractivity contribution in [1.29, 1.82) is 0 Å². The molecule has 0 atom stereocenters. The summed E-state index contributed by atoms with van der Waals surface area (Å²) >= 11 is 0. The van der Waals surface area contributed by atoms with Gasteiger partial charge in [-0.3, -0.25) is 14.5 Å². The number of carbonyl (C=O) groups is 2. The maximum absolute atomic E-state index is 11.7. The molecule has 1 aromatic heterocycles. The van der Waals surface area contributed by atoms with Crippen LogP contribution in [0.5, 0.6) is 5.75 Å². The van der Waals surface area contributed by atoms with Crippen LogP contribution in [0.1, 0.15) is 0 Å². The lowest BCUT2D eigenvalue weighted by Gasteiger charge is -2.24. The topological polar surface area (TPSA) is 115 Å². The second-order valence-corrected chi connectivity index (χ2v) is 3.69. The van der Waals surface area contributed by atoms with E-state index in [1.165, 1.54) is 19.2 Å². The van der Waals surface area contributed by atoms with Gasteiger partial charge in [-0.1, -0.05) is 0 Å². The molecule has 1 N–H and O–H groups in total. The molecular weight excluding hydrogens is 256 g/mol. The molecule has 0 saturated heterocycles. The van der Waals surface area contributed by atoms with Crippen LogP contribution >= 0.6 is 0 Å². The molecule has 9 nitrogen and oxygen atoms in total. The van der Waals surface area contributed by atoms with Crippen LogP contribution in [0.4, 0.5) is 11.6 Å². The average molecular weight is 266 g/mol. The molecule has 2 amide bonds. The first-order chi connectivity index (χ1) is 9.02. The molecule has 19 heavy (non-hydrogen) atoms. The number of ether oxygens (including phenoxy) is 1. The molecule has 0 spiro atoms. The molecule has 1 aliphatic rings. The number of hydrogen-bond acceptors (Lipinski definition) is 6. The Hall–Kier alpha value is -2.71. The fourth-order valence-corrected chi connectivity index (χ4v) is 1.55. The van der Waals surface area contributed by atoms with E-state index < -0.39 is 22.6 Å². The van der Waals surface area contributed by atoms with Crippen molar-refractivity contribution in [2.75, 3.05) is 25.1 Å². The number of nitrogens with one attached hydrogen (secondary N) is 1. The van der Waals surface area contributed by atoms with Crippen LogP contribution in [0.2, 0.25) is 0 Å². The van der Waals surface area contributed by atoms with Crippen molar-refractivity contribution in [2.24, 2.45) is 0 Å². The third-order valence-electron chi connectivity index (χ3n) is 2.50. The second-order valence-electron chi connectivity index (χ2n) is 3.69. The van der Waals surface area contributed by atoms with E-state index in [9.17, 15) is 19.7 Å². The number of amides is 2. The van der Waals surface area contributed by atoms with E-state index in [0.717, 1.165) is 4.90 Å². The van der Waals surface area contributed by atoms with E-state index in [2.05, 4.69) is 10.3 Å². The molecular formula is C10H10N4O5. The van der Waals surface area contributed by atoms with E-state index >= 15 is 0 Å². The number of nitrogens with zero attached hydrogens (tertiary/aromatic N) is 3. The summed E-state index contributed by atoms with van der Waals surface area (Å²) in [6, 6.07) is 2.52. The van der Waals surface area contributed by atoms with Gasteiger partial charge < -0.3 is 20.2 Å². The highest BCUT2D eigenvalue weighted by Crippen LogP contribution is 2.31. The number of pyridine rings is 1. The third kappa shape index (κ3) is 2.44.